The summed E-state index contributed by atoms with van der Waals surface area (Å²) in [6.07, 6.45) is 3.55. The molecule has 1 aromatic rings. The van der Waals surface area contributed by atoms with Gasteiger partial charge in [0.2, 0.25) is 0 Å². The molecule has 0 aliphatic heterocycles. The van der Waals surface area contributed by atoms with Crippen LogP contribution in [0, 0.1) is 11.3 Å². The topological polar surface area (TPSA) is 61.9 Å². The molecule has 1 atom stereocenters. The largest absolute Gasteiger partial charge is 0.351 e. The third kappa shape index (κ3) is 2.34. The number of aryl methyl sites for hydroxylation is 1. The number of aromatic nitrogens is 2. The maximum atomic E-state index is 11.7. The van der Waals surface area contributed by atoms with Crippen molar-refractivity contribution in [1.29, 1.82) is 5.26 Å². The molecule has 0 aliphatic rings. The Morgan fingerprint density at radius 2 is 2.40 bits per heavy atom. The zero-order chi connectivity index (χ0) is 11.4. The van der Waals surface area contributed by atoms with Crippen molar-refractivity contribution in [3.05, 3.63) is 22.7 Å². The van der Waals surface area contributed by atoms with Crippen molar-refractivity contribution in [2.75, 3.05) is 11.9 Å². The molecule has 1 heterocycles. The molecule has 1 unspecified atom stereocenters. The van der Waals surface area contributed by atoms with Crippen molar-refractivity contribution in [1.82, 2.24) is 9.55 Å². The van der Waals surface area contributed by atoms with Crippen LogP contribution in [-0.4, -0.2) is 22.6 Å². The lowest BCUT2D eigenvalue weighted by Crippen LogP contribution is -2.35. The lowest BCUT2D eigenvalue weighted by molar-refractivity contribution is 0.680. The first-order valence-corrected chi connectivity index (χ1v) is 4.69. The van der Waals surface area contributed by atoms with E-state index in [2.05, 4.69) is 11.1 Å². The highest BCUT2D eigenvalue weighted by atomic mass is 16.1. The maximum Gasteiger partial charge on any atom is 0.293 e. The molecule has 0 aliphatic carbocycles. The number of hydrogen-bond acceptors (Lipinski definition) is 4. The Labute approximate surface area is 88.6 Å². The van der Waals surface area contributed by atoms with Crippen LogP contribution in [0.1, 0.15) is 13.3 Å². The van der Waals surface area contributed by atoms with Gasteiger partial charge in [-0.3, -0.25) is 4.79 Å². The van der Waals surface area contributed by atoms with Crippen molar-refractivity contribution in [2.24, 2.45) is 7.05 Å². The summed E-state index contributed by atoms with van der Waals surface area (Å²) in [7, 11) is 3.45. The summed E-state index contributed by atoms with van der Waals surface area (Å²) in [5, 5.41) is 8.58. The second-order valence-corrected chi connectivity index (χ2v) is 3.49. The van der Waals surface area contributed by atoms with Crippen LogP contribution in [0.25, 0.3) is 0 Å². The molecule has 0 aromatic carbocycles. The van der Waals surface area contributed by atoms with E-state index in [0.29, 0.717) is 12.2 Å². The Morgan fingerprint density at radius 1 is 1.73 bits per heavy atom. The SMILES string of the molecule is CC(CC#N)N(C)c1nccn(C)c1=O. The van der Waals surface area contributed by atoms with Crippen LogP contribution in [-0.2, 0) is 7.05 Å². The fourth-order valence-electron chi connectivity index (χ4n) is 1.20. The van der Waals surface area contributed by atoms with Gasteiger partial charge in [0.05, 0.1) is 12.5 Å². The van der Waals surface area contributed by atoms with E-state index in [-0.39, 0.29) is 11.6 Å². The maximum absolute atomic E-state index is 11.7. The van der Waals surface area contributed by atoms with E-state index in [1.165, 1.54) is 4.57 Å². The van der Waals surface area contributed by atoms with Gasteiger partial charge in [0.1, 0.15) is 0 Å². The highest BCUT2D eigenvalue weighted by Gasteiger charge is 2.14. The molecule has 0 spiro atoms. The Balaban J connectivity index is 3.02. The Kier molecular flexibility index (Phi) is 3.45. The highest BCUT2D eigenvalue weighted by molar-refractivity contribution is 5.35. The number of anilines is 1. The van der Waals surface area contributed by atoms with E-state index < -0.39 is 0 Å². The van der Waals surface area contributed by atoms with Crippen molar-refractivity contribution >= 4 is 5.82 Å². The van der Waals surface area contributed by atoms with E-state index in [1.807, 2.05) is 6.92 Å². The molecule has 5 nitrogen and oxygen atoms in total. The molecule has 0 amide bonds. The molecule has 0 radical (unpaired) electrons. The first-order valence-electron chi connectivity index (χ1n) is 4.69. The molecule has 5 heteroatoms. The van der Waals surface area contributed by atoms with Crippen LogP contribution in [0.2, 0.25) is 0 Å². The smallest absolute Gasteiger partial charge is 0.293 e. The van der Waals surface area contributed by atoms with Gasteiger partial charge in [-0.1, -0.05) is 0 Å². The predicted octanol–water partition coefficient (Wildman–Crippen LogP) is 0.519. The zero-order valence-corrected chi connectivity index (χ0v) is 9.14. The number of rotatable bonds is 3. The van der Waals surface area contributed by atoms with Crippen molar-refractivity contribution < 1.29 is 0 Å². The second kappa shape index (κ2) is 4.60. The third-order valence-corrected chi connectivity index (χ3v) is 2.38. The van der Waals surface area contributed by atoms with Gasteiger partial charge in [-0.2, -0.15) is 5.26 Å². The second-order valence-electron chi connectivity index (χ2n) is 3.49. The van der Waals surface area contributed by atoms with E-state index >= 15 is 0 Å². The third-order valence-electron chi connectivity index (χ3n) is 2.38. The molecule has 0 bridgehead atoms. The molecule has 0 fully saturated rings. The van der Waals surface area contributed by atoms with Gasteiger partial charge in [0.25, 0.3) is 5.56 Å². The number of hydrogen-bond donors (Lipinski definition) is 0. The summed E-state index contributed by atoms with van der Waals surface area (Å²) in [6.45, 7) is 1.89. The van der Waals surface area contributed by atoms with Crippen LogP contribution in [0.3, 0.4) is 0 Å². The first-order chi connectivity index (χ1) is 7.07. The van der Waals surface area contributed by atoms with Gasteiger partial charge in [-0.25, -0.2) is 4.98 Å². The predicted molar refractivity (Wildman–Crippen MR) is 57.6 cm³/mol. The number of nitrogens with zero attached hydrogens (tertiary/aromatic N) is 4. The van der Waals surface area contributed by atoms with E-state index in [1.54, 1.807) is 31.4 Å². The van der Waals surface area contributed by atoms with E-state index in [9.17, 15) is 4.79 Å². The molecule has 0 saturated heterocycles. The molecular formula is C10H14N4O. The fourth-order valence-corrected chi connectivity index (χ4v) is 1.20. The Bertz CT molecular complexity index is 432. The Morgan fingerprint density at radius 3 is 3.00 bits per heavy atom. The van der Waals surface area contributed by atoms with Crippen LogP contribution < -0.4 is 10.5 Å². The van der Waals surface area contributed by atoms with Gasteiger partial charge in [0, 0.05) is 32.5 Å². The summed E-state index contributed by atoms with van der Waals surface area (Å²) >= 11 is 0. The summed E-state index contributed by atoms with van der Waals surface area (Å²) in [4.78, 5) is 17.4. The van der Waals surface area contributed by atoms with Crippen LogP contribution >= 0.6 is 0 Å². The molecule has 1 aromatic heterocycles. The minimum atomic E-state index is -0.148. The van der Waals surface area contributed by atoms with Gasteiger partial charge in [-0.15, -0.1) is 0 Å². The lowest BCUT2D eigenvalue weighted by atomic mass is 10.2. The summed E-state index contributed by atoms with van der Waals surface area (Å²) in [5.41, 5.74) is -0.148. The first kappa shape index (κ1) is 11.2. The van der Waals surface area contributed by atoms with Crippen molar-refractivity contribution in [2.45, 2.75) is 19.4 Å². The monoisotopic (exact) mass is 206 g/mol. The molecular weight excluding hydrogens is 192 g/mol. The van der Waals surface area contributed by atoms with Gasteiger partial charge < -0.3 is 9.47 Å². The minimum Gasteiger partial charge on any atom is -0.351 e. The average Bonchev–Trinajstić information content (AvgIpc) is 2.21. The minimum absolute atomic E-state index is 0.0161. The average molecular weight is 206 g/mol. The van der Waals surface area contributed by atoms with Gasteiger partial charge in [0.15, 0.2) is 5.82 Å². The highest BCUT2D eigenvalue weighted by Crippen LogP contribution is 2.07. The van der Waals surface area contributed by atoms with Gasteiger partial charge in [-0.05, 0) is 6.92 Å². The fraction of sp³-hybridized carbons (Fsp3) is 0.500. The summed E-state index contributed by atoms with van der Waals surface area (Å²) in [6, 6.07) is 2.06. The van der Waals surface area contributed by atoms with E-state index in [4.69, 9.17) is 5.26 Å². The normalized spacial score (nSPS) is 11.9. The molecule has 15 heavy (non-hydrogen) atoms. The zero-order valence-electron chi connectivity index (χ0n) is 9.14. The summed E-state index contributed by atoms with van der Waals surface area (Å²) in [5.74, 6) is 0.378. The molecule has 1 rings (SSSR count). The standard InChI is InChI=1S/C10H14N4O/c1-8(4-5-11)14(3)9-10(15)13(2)7-6-12-9/h6-8H,4H2,1-3H3. The van der Waals surface area contributed by atoms with E-state index in [0.717, 1.165) is 0 Å². The van der Waals surface area contributed by atoms with Crippen molar-refractivity contribution in [3.63, 3.8) is 0 Å². The Hall–Kier alpha value is -1.83. The lowest BCUT2D eigenvalue weighted by Gasteiger charge is -2.23. The number of nitriles is 1. The molecule has 80 valence electrons. The summed E-state index contributed by atoms with van der Waals surface area (Å²) < 4.78 is 1.47. The van der Waals surface area contributed by atoms with Crippen molar-refractivity contribution in [3.8, 4) is 6.07 Å². The van der Waals surface area contributed by atoms with Gasteiger partial charge >= 0.3 is 0 Å². The van der Waals surface area contributed by atoms with Crippen LogP contribution in [0.4, 0.5) is 5.82 Å². The molecule has 0 N–H and O–H groups in total. The van der Waals surface area contributed by atoms with Crippen LogP contribution in [0.15, 0.2) is 17.2 Å². The molecule has 0 saturated carbocycles. The quantitative estimate of drug-likeness (QED) is 0.723. The van der Waals surface area contributed by atoms with Crippen LogP contribution in [0.5, 0.6) is 0 Å².